The Labute approximate surface area is 131 Å². The third-order valence-corrected chi connectivity index (χ3v) is 3.21. The minimum absolute atomic E-state index is 0.220. The van der Waals surface area contributed by atoms with Crippen LogP contribution in [0.4, 0.5) is 17.6 Å². The van der Waals surface area contributed by atoms with Gasteiger partial charge < -0.3 is 10.1 Å². The number of anilines is 3. The number of aryl methyl sites for hydroxylation is 1. The molecule has 0 aliphatic rings. The summed E-state index contributed by atoms with van der Waals surface area (Å²) in [5.74, 6) is 5.98. The van der Waals surface area contributed by atoms with E-state index in [0.717, 1.165) is 22.1 Å². The Kier molecular flexibility index (Phi) is 5.29. The average Bonchev–Trinajstić information content (AvgIpc) is 2.49. The van der Waals surface area contributed by atoms with Crippen molar-refractivity contribution in [3.63, 3.8) is 0 Å². The highest BCUT2D eigenvalue weighted by molar-refractivity contribution is 9.10. The van der Waals surface area contributed by atoms with Gasteiger partial charge in [-0.1, -0.05) is 22.9 Å². The quantitative estimate of drug-likeness (QED) is 0.542. The number of hydrazine groups is 1. The molecule has 8 heteroatoms. The second-order valence-corrected chi connectivity index (χ2v) is 5.04. The van der Waals surface area contributed by atoms with Crippen molar-refractivity contribution < 1.29 is 4.74 Å². The minimum Gasteiger partial charge on any atom is -0.464 e. The van der Waals surface area contributed by atoms with Crippen LogP contribution in [-0.2, 0) is 6.42 Å². The molecular weight excluding hydrogens is 336 g/mol. The lowest BCUT2D eigenvalue weighted by Gasteiger charge is -2.11. The SMILES string of the molecule is CCOc1nc(NN)nc(Nc2ccc(Br)cc2CC)n1. The van der Waals surface area contributed by atoms with Crippen molar-refractivity contribution in [2.75, 3.05) is 17.3 Å². The maximum Gasteiger partial charge on any atom is 0.323 e. The number of hydrogen-bond acceptors (Lipinski definition) is 7. The molecule has 1 heterocycles. The van der Waals surface area contributed by atoms with Crippen LogP contribution >= 0.6 is 15.9 Å². The fourth-order valence-corrected chi connectivity index (χ4v) is 2.18. The summed E-state index contributed by atoms with van der Waals surface area (Å²) in [6.07, 6.45) is 0.882. The van der Waals surface area contributed by atoms with Crippen molar-refractivity contribution in [2.24, 2.45) is 5.84 Å². The second kappa shape index (κ2) is 7.19. The highest BCUT2D eigenvalue weighted by Crippen LogP contribution is 2.24. The zero-order chi connectivity index (χ0) is 15.2. The molecule has 0 saturated heterocycles. The van der Waals surface area contributed by atoms with E-state index in [-0.39, 0.29) is 12.0 Å². The van der Waals surface area contributed by atoms with Gasteiger partial charge in [-0.25, -0.2) is 5.84 Å². The van der Waals surface area contributed by atoms with Gasteiger partial charge in [-0.05, 0) is 37.1 Å². The Morgan fingerprint density at radius 2 is 1.95 bits per heavy atom. The van der Waals surface area contributed by atoms with Crippen molar-refractivity contribution in [1.29, 1.82) is 0 Å². The van der Waals surface area contributed by atoms with Crippen LogP contribution in [0.15, 0.2) is 22.7 Å². The summed E-state index contributed by atoms with van der Waals surface area (Å²) in [6.45, 7) is 4.40. The molecule has 2 aromatic rings. The minimum atomic E-state index is 0.220. The van der Waals surface area contributed by atoms with E-state index in [1.54, 1.807) is 0 Å². The predicted molar refractivity (Wildman–Crippen MR) is 85.6 cm³/mol. The van der Waals surface area contributed by atoms with Crippen molar-refractivity contribution in [3.8, 4) is 6.01 Å². The van der Waals surface area contributed by atoms with Crippen molar-refractivity contribution >= 4 is 33.5 Å². The molecule has 0 fully saturated rings. The number of nitrogens with one attached hydrogen (secondary N) is 2. The molecule has 1 aromatic carbocycles. The molecule has 0 spiro atoms. The van der Waals surface area contributed by atoms with Crippen LogP contribution in [-0.4, -0.2) is 21.6 Å². The summed E-state index contributed by atoms with van der Waals surface area (Å²) in [6, 6.07) is 6.18. The monoisotopic (exact) mass is 352 g/mol. The number of nitrogens with zero attached hydrogens (tertiary/aromatic N) is 3. The Hall–Kier alpha value is -1.93. The highest BCUT2D eigenvalue weighted by atomic mass is 79.9. The summed E-state index contributed by atoms with van der Waals surface area (Å²) in [4.78, 5) is 12.4. The van der Waals surface area contributed by atoms with Gasteiger partial charge in [0.25, 0.3) is 0 Å². The fraction of sp³-hybridized carbons (Fsp3) is 0.308. The lowest BCUT2D eigenvalue weighted by atomic mass is 10.1. The molecule has 21 heavy (non-hydrogen) atoms. The summed E-state index contributed by atoms with van der Waals surface area (Å²) >= 11 is 3.46. The Morgan fingerprint density at radius 3 is 2.62 bits per heavy atom. The van der Waals surface area contributed by atoms with Crippen molar-refractivity contribution in [2.45, 2.75) is 20.3 Å². The number of hydrogen-bond donors (Lipinski definition) is 3. The lowest BCUT2D eigenvalue weighted by Crippen LogP contribution is -2.13. The Morgan fingerprint density at radius 1 is 1.19 bits per heavy atom. The standard InChI is InChI=1S/C13H17BrN6O/c1-3-8-7-9(14)5-6-10(8)16-11-17-12(20-15)19-13(18-11)21-4-2/h5-7H,3-4,15H2,1-2H3,(H2,16,17,18,19,20). The van der Waals surface area contributed by atoms with Crippen LogP contribution in [0.3, 0.4) is 0 Å². The van der Waals surface area contributed by atoms with Crippen LogP contribution in [0, 0.1) is 0 Å². The van der Waals surface area contributed by atoms with E-state index >= 15 is 0 Å². The Balaban J connectivity index is 2.32. The van der Waals surface area contributed by atoms with Gasteiger partial charge in [-0.2, -0.15) is 15.0 Å². The predicted octanol–water partition coefficient (Wildman–Crippen LogP) is 2.62. The number of rotatable bonds is 6. The zero-order valence-electron chi connectivity index (χ0n) is 11.9. The van der Waals surface area contributed by atoms with Crippen molar-refractivity contribution in [3.05, 3.63) is 28.2 Å². The third kappa shape index (κ3) is 4.02. The summed E-state index contributed by atoms with van der Waals surface area (Å²) in [7, 11) is 0. The molecule has 0 radical (unpaired) electrons. The molecule has 2 rings (SSSR count). The van der Waals surface area contributed by atoms with E-state index in [1.807, 2.05) is 19.1 Å². The summed E-state index contributed by atoms with van der Waals surface area (Å²) in [5.41, 5.74) is 4.47. The maximum absolute atomic E-state index is 5.36. The number of nitrogens with two attached hydrogens (primary N) is 1. The normalized spacial score (nSPS) is 10.3. The molecule has 4 N–H and O–H groups in total. The molecule has 0 unspecified atom stereocenters. The molecule has 112 valence electrons. The first-order valence-corrected chi connectivity index (χ1v) is 7.36. The molecular formula is C13H17BrN6O. The fourth-order valence-electron chi connectivity index (χ4n) is 1.77. The van der Waals surface area contributed by atoms with E-state index in [2.05, 4.69) is 54.6 Å². The van der Waals surface area contributed by atoms with E-state index in [0.29, 0.717) is 12.6 Å². The van der Waals surface area contributed by atoms with Gasteiger partial charge in [-0.3, -0.25) is 5.43 Å². The third-order valence-electron chi connectivity index (χ3n) is 2.71. The van der Waals surface area contributed by atoms with E-state index in [9.17, 15) is 0 Å². The molecule has 0 amide bonds. The molecule has 0 saturated carbocycles. The Bertz CT molecular complexity index is 622. The number of halogens is 1. The number of nitrogen functional groups attached to an aromatic ring is 1. The number of benzene rings is 1. The van der Waals surface area contributed by atoms with Crippen LogP contribution < -0.4 is 21.3 Å². The molecule has 0 aliphatic heterocycles. The van der Waals surface area contributed by atoms with Gasteiger partial charge in [0, 0.05) is 10.2 Å². The van der Waals surface area contributed by atoms with Gasteiger partial charge in [0.15, 0.2) is 0 Å². The highest BCUT2D eigenvalue weighted by Gasteiger charge is 2.09. The van der Waals surface area contributed by atoms with Gasteiger partial charge >= 0.3 is 6.01 Å². The molecule has 0 bridgehead atoms. The first-order valence-electron chi connectivity index (χ1n) is 6.57. The van der Waals surface area contributed by atoms with Gasteiger partial charge in [-0.15, -0.1) is 0 Å². The summed E-state index contributed by atoms with van der Waals surface area (Å²) < 4.78 is 6.32. The second-order valence-electron chi connectivity index (χ2n) is 4.12. The van der Waals surface area contributed by atoms with Gasteiger partial charge in [0.05, 0.1) is 6.61 Å². The van der Waals surface area contributed by atoms with Gasteiger partial charge in [0.1, 0.15) is 0 Å². The zero-order valence-corrected chi connectivity index (χ0v) is 13.4. The molecule has 0 aliphatic carbocycles. The maximum atomic E-state index is 5.36. The van der Waals surface area contributed by atoms with Crippen molar-refractivity contribution in [1.82, 2.24) is 15.0 Å². The van der Waals surface area contributed by atoms with Gasteiger partial charge in [0.2, 0.25) is 11.9 Å². The number of ether oxygens (including phenoxy) is 1. The largest absolute Gasteiger partial charge is 0.464 e. The number of aromatic nitrogens is 3. The molecule has 7 nitrogen and oxygen atoms in total. The van der Waals surface area contributed by atoms with Crippen LogP contribution in [0.1, 0.15) is 19.4 Å². The molecule has 1 aromatic heterocycles. The van der Waals surface area contributed by atoms with Crippen LogP contribution in [0.5, 0.6) is 6.01 Å². The van der Waals surface area contributed by atoms with E-state index < -0.39 is 0 Å². The van der Waals surface area contributed by atoms with E-state index in [1.165, 1.54) is 0 Å². The van der Waals surface area contributed by atoms with Crippen LogP contribution in [0.25, 0.3) is 0 Å². The van der Waals surface area contributed by atoms with Crippen LogP contribution in [0.2, 0.25) is 0 Å². The first-order chi connectivity index (χ1) is 10.2. The lowest BCUT2D eigenvalue weighted by molar-refractivity contribution is 0.312. The molecule has 0 atom stereocenters. The topological polar surface area (TPSA) is 98.0 Å². The first kappa shape index (κ1) is 15.5. The van der Waals surface area contributed by atoms with E-state index in [4.69, 9.17) is 10.6 Å². The summed E-state index contributed by atoms with van der Waals surface area (Å²) in [5, 5.41) is 3.17. The smallest absolute Gasteiger partial charge is 0.323 e. The average molecular weight is 353 g/mol.